The van der Waals surface area contributed by atoms with E-state index in [0.717, 1.165) is 10.6 Å². The molecule has 0 fully saturated rings. The highest BCUT2D eigenvalue weighted by Gasteiger charge is 2.47. The van der Waals surface area contributed by atoms with E-state index < -0.39 is 5.54 Å². The van der Waals surface area contributed by atoms with Gasteiger partial charge in [-0.2, -0.15) is 5.10 Å². The van der Waals surface area contributed by atoms with Gasteiger partial charge >= 0.3 is 0 Å². The monoisotopic (exact) mass is 325 g/mol. The molecular weight excluding hydrogens is 306 g/mol. The fourth-order valence-corrected chi connectivity index (χ4v) is 3.52. The first-order valence-electron chi connectivity index (χ1n) is 7.63. The first-order chi connectivity index (χ1) is 11.0. The van der Waals surface area contributed by atoms with Crippen LogP contribution in [0.4, 0.5) is 0 Å². The third-order valence-corrected chi connectivity index (χ3v) is 4.55. The van der Waals surface area contributed by atoms with Crippen molar-refractivity contribution >= 4 is 11.6 Å². The van der Waals surface area contributed by atoms with Crippen molar-refractivity contribution in [3.05, 3.63) is 83.4 Å². The Morgan fingerprint density at radius 2 is 1.48 bits per heavy atom. The first kappa shape index (κ1) is 15.8. The third kappa shape index (κ3) is 2.55. The summed E-state index contributed by atoms with van der Waals surface area (Å²) in [7, 11) is 0. The summed E-state index contributed by atoms with van der Waals surface area (Å²) < 4.78 is 1.95. The Balaban J connectivity index is 2.38. The molecule has 1 atom stereocenters. The molecule has 3 nitrogen and oxygen atoms in total. The quantitative estimate of drug-likeness (QED) is 0.694. The lowest BCUT2D eigenvalue weighted by Crippen LogP contribution is -2.48. The van der Waals surface area contributed by atoms with E-state index in [4.69, 9.17) is 11.6 Å². The molecule has 23 heavy (non-hydrogen) atoms. The smallest absolute Gasteiger partial charge is 0.137 e. The minimum absolute atomic E-state index is 0.143. The van der Waals surface area contributed by atoms with E-state index in [-0.39, 0.29) is 5.41 Å². The number of aromatic nitrogens is 3. The lowest BCUT2D eigenvalue weighted by atomic mass is 9.65. The first-order valence-corrected chi connectivity index (χ1v) is 8.01. The average molecular weight is 326 g/mol. The lowest BCUT2D eigenvalue weighted by Gasteiger charge is -2.45. The van der Waals surface area contributed by atoms with Crippen molar-refractivity contribution in [1.29, 1.82) is 0 Å². The van der Waals surface area contributed by atoms with Crippen LogP contribution in [0.2, 0.25) is 5.02 Å². The van der Waals surface area contributed by atoms with Crippen molar-refractivity contribution in [2.24, 2.45) is 5.41 Å². The highest BCUT2D eigenvalue weighted by atomic mass is 35.5. The Hall–Kier alpha value is -2.13. The molecule has 0 spiro atoms. The van der Waals surface area contributed by atoms with E-state index in [1.54, 1.807) is 12.7 Å². The van der Waals surface area contributed by atoms with E-state index in [0.29, 0.717) is 0 Å². The normalized spacial score (nSPS) is 14.4. The zero-order valence-corrected chi connectivity index (χ0v) is 14.3. The molecule has 0 radical (unpaired) electrons. The highest BCUT2D eigenvalue weighted by Crippen LogP contribution is 2.47. The summed E-state index contributed by atoms with van der Waals surface area (Å²) in [6.07, 6.45) is 3.37. The second-order valence-electron chi connectivity index (χ2n) is 6.67. The van der Waals surface area contributed by atoms with Gasteiger partial charge in [0.25, 0.3) is 0 Å². The predicted molar refractivity (Wildman–Crippen MR) is 93.5 cm³/mol. The Labute approximate surface area is 142 Å². The van der Waals surface area contributed by atoms with Gasteiger partial charge in [-0.05, 0) is 28.7 Å². The maximum atomic E-state index is 6.11. The molecule has 1 aromatic heterocycles. The molecule has 2 aromatic carbocycles. The molecule has 0 aliphatic carbocycles. The van der Waals surface area contributed by atoms with Crippen molar-refractivity contribution in [3.8, 4) is 0 Å². The Morgan fingerprint density at radius 3 is 2.00 bits per heavy atom. The zero-order valence-electron chi connectivity index (χ0n) is 13.6. The Kier molecular flexibility index (Phi) is 3.99. The van der Waals surface area contributed by atoms with Gasteiger partial charge < -0.3 is 0 Å². The molecule has 4 heteroatoms. The molecule has 0 saturated carbocycles. The standard InChI is InChI=1S/C19H20ClN3/c1-18(2,3)19(23-14-21-13-22-23,15-7-5-4-6-8-15)16-9-11-17(20)12-10-16/h4-14H,1-3H3. The van der Waals surface area contributed by atoms with Crippen LogP contribution in [0, 0.1) is 5.41 Å². The summed E-state index contributed by atoms with van der Waals surface area (Å²) in [4.78, 5) is 4.20. The van der Waals surface area contributed by atoms with Crippen LogP contribution in [0.3, 0.4) is 0 Å². The van der Waals surface area contributed by atoms with Crippen LogP contribution < -0.4 is 0 Å². The van der Waals surface area contributed by atoms with Crippen LogP contribution in [0.1, 0.15) is 31.9 Å². The van der Waals surface area contributed by atoms with Crippen molar-refractivity contribution in [2.45, 2.75) is 26.3 Å². The van der Waals surface area contributed by atoms with Gasteiger partial charge in [-0.15, -0.1) is 0 Å². The topological polar surface area (TPSA) is 30.7 Å². The molecule has 1 unspecified atom stereocenters. The van der Waals surface area contributed by atoms with Crippen LogP contribution in [0.5, 0.6) is 0 Å². The number of nitrogens with zero attached hydrogens (tertiary/aromatic N) is 3. The molecule has 0 saturated heterocycles. The fourth-order valence-electron chi connectivity index (χ4n) is 3.39. The van der Waals surface area contributed by atoms with Gasteiger partial charge in [-0.1, -0.05) is 74.8 Å². The summed E-state index contributed by atoms with van der Waals surface area (Å²) in [5, 5.41) is 5.23. The molecule has 0 aliphatic heterocycles. The Bertz CT molecular complexity index is 759. The van der Waals surface area contributed by atoms with E-state index in [9.17, 15) is 0 Å². The van der Waals surface area contributed by atoms with Crippen LogP contribution in [-0.4, -0.2) is 14.8 Å². The average Bonchev–Trinajstić information content (AvgIpc) is 3.04. The number of rotatable bonds is 3. The maximum absolute atomic E-state index is 6.11. The third-order valence-electron chi connectivity index (χ3n) is 4.30. The fraction of sp³-hybridized carbons (Fsp3) is 0.263. The van der Waals surface area contributed by atoms with Gasteiger partial charge in [0.05, 0.1) is 0 Å². The molecule has 3 aromatic rings. The molecule has 0 amide bonds. The number of benzene rings is 2. The second kappa shape index (κ2) is 5.82. The molecule has 0 N–H and O–H groups in total. The number of halogens is 1. The van der Waals surface area contributed by atoms with Gasteiger partial charge in [-0.3, -0.25) is 0 Å². The van der Waals surface area contributed by atoms with Crippen molar-refractivity contribution in [1.82, 2.24) is 14.8 Å². The molecule has 1 heterocycles. The maximum Gasteiger partial charge on any atom is 0.137 e. The van der Waals surface area contributed by atoms with Crippen molar-refractivity contribution < 1.29 is 0 Å². The van der Waals surface area contributed by atoms with Gasteiger partial charge in [0.1, 0.15) is 18.2 Å². The van der Waals surface area contributed by atoms with Crippen LogP contribution in [0.15, 0.2) is 67.3 Å². The van der Waals surface area contributed by atoms with Crippen molar-refractivity contribution in [2.75, 3.05) is 0 Å². The predicted octanol–water partition coefficient (Wildman–Crippen LogP) is 4.77. The summed E-state index contributed by atoms with van der Waals surface area (Å²) >= 11 is 6.11. The largest absolute Gasteiger partial charge is 0.237 e. The molecule has 3 rings (SSSR count). The van der Waals surface area contributed by atoms with Crippen LogP contribution in [-0.2, 0) is 5.54 Å². The minimum Gasteiger partial charge on any atom is -0.237 e. The lowest BCUT2D eigenvalue weighted by molar-refractivity contribution is 0.171. The van der Waals surface area contributed by atoms with Gasteiger partial charge in [0.2, 0.25) is 0 Å². The second-order valence-corrected chi connectivity index (χ2v) is 7.11. The minimum atomic E-state index is -0.477. The highest BCUT2D eigenvalue weighted by molar-refractivity contribution is 6.30. The number of hydrogen-bond donors (Lipinski definition) is 0. The summed E-state index contributed by atoms with van der Waals surface area (Å²) in [5.41, 5.74) is 1.68. The van der Waals surface area contributed by atoms with E-state index in [2.05, 4.69) is 67.3 Å². The van der Waals surface area contributed by atoms with Gasteiger partial charge in [0.15, 0.2) is 0 Å². The van der Waals surface area contributed by atoms with E-state index >= 15 is 0 Å². The van der Waals surface area contributed by atoms with Crippen molar-refractivity contribution in [3.63, 3.8) is 0 Å². The van der Waals surface area contributed by atoms with E-state index in [1.807, 2.05) is 22.9 Å². The number of hydrogen-bond acceptors (Lipinski definition) is 2. The molecular formula is C19H20ClN3. The molecule has 0 aliphatic rings. The van der Waals surface area contributed by atoms with Crippen LogP contribution >= 0.6 is 11.6 Å². The SMILES string of the molecule is CC(C)(C)C(c1ccccc1)(c1ccc(Cl)cc1)n1cncn1. The summed E-state index contributed by atoms with van der Waals surface area (Å²) in [5.74, 6) is 0. The molecule has 118 valence electrons. The van der Waals surface area contributed by atoms with Gasteiger partial charge in [0, 0.05) is 5.02 Å². The van der Waals surface area contributed by atoms with E-state index in [1.165, 1.54) is 5.56 Å². The molecule has 0 bridgehead atoms. The Morgan fingerprint density at radius 1 is 0.870 bits per heavy atom. The van der Waals surface area contributed by atoms with Crippen LogP contribution in [0.25, 0.3) is 0 Å². The van der Waals surface area contributed by atoms with Gasteiger partial charge in [-0.25, -0.2) is 9.67 Å². The zero-order chi connectivity index (χ0) is 16.5. The summed E-state index contributed by atoms with van der Waals surface area (Å²) in [6, 6.07) is 18.4. The summed E-state index contributed by atoms with van der Waals surface area (Å²) in [6.45, 7) is 6.66.